The zero-order chi connectivity index (χ0) is 19.6. The van der Waals surface area contributed by atoms with Gasteiger partial charge in [0.2, 0.25) is 0 Å². The van der Waals surface area contributed by atoms with Crippen molar-refractivity contribution < 1.29 is 17.6 Å². The van der Waals surface area contributed by atoms with Gasteiger partial charge in [-0.3, -0.25) is 0 Å². The molecule has 0 amide bonds. The van der Waals surface area contributed by atoms with Crippen LogP contribution in [0, 0.1) is 30.2 Å². The average Bonchev–Trinajstić information content (AvgIpc) is 2.40. The van der Waals surface area contributed by atoms with E-state index in [4.69, 9.17) is 0 Å². The standard InChI is InChI=1S/C11H14F2.C10H12F2/c1-7-5-10(13)8(6-9(7)12)11(2,3)4;1-10(2,3)8-5-4-7(11)6-9(8)12/h5-6H,1-4H3;4-6H,1-3H3. The van der Waals surface area contributed by atoms with Gasteiger partial charge in [-0.15, -0.1) is 0 Å². The van der Waals surface area contributed by atoms with Crippen LogP contribution in [0.15, 0.2) is 30.3 Å². The Morgan fingerprint density at radius 3 is 1.52 bits per heavy atom. The van der Waals surface area contributed by atoms with Gasteiger partial charge in [0.1, 0.15) is 23.3 Å². The second-order valence-corrected chi connectivity index (χ2v) is 8.21. The maximum Gasteiger partial charge on any atom is 0.129 e. The van der Waals surface area contributed by atoms with Crippen LogP contribution >= 0.6 is 0 Å². The first-order valence-corrected chi connectivity index (χ1v) is 8.15. The second kappa shape index (κ2) is 7.59. The van der Waals surface area contributed by atoms with Crippen LogP contribution in [0.2, 0.25) is 0 Å². The summed E-state index contributed by atoms with van der Waals surface area (Å²) < 4.78 is 52.1. The largest absolute Gasteiger partial charge is 0.207 e. The molecule has 0 fully saturated rings. The molecule has 0 unspecified atom stereocenters. The van der Waals surface area contributed by atoms with E-state index < -0.39 is 11.6 Å². The Morgan fingerprint density at radius 2 is 1.08 bits per heavy atom. The first kappa shape index (κ1) is 21.2. The Kier molecular flexibility index (Phi) is 6.44. The highest BCUT2D eigenvalue weighted by Crippen LogP contribution is 2.27. The molecule has 0 aliphatic carbocycles. The Morgan fingerprint density at radius 1 is 0.600 bits per heavy atom. The molecule has 0 radical (unpaired) electrons. The Bertz CT molecular complexity index is 735. The van der Waals surface area contributed by atoms with E-state index in [2.05, 4.69) is 0 Å². The summed E-state index contributed by atoms with van der Waals surface area (Å²) in [5.41, 5.74) is 0.709. The van der Waals surface area contributed by atoms with Crippen LogP contribution in [-0.2, 0) is 10.8 Å². The summed E-state index contributed by atoms with van der Waals surface area (Å²) in [5.74, 6) is -1.67. The van der Waals surface area contributed by atoms with Crippen LogP contribution in [-0.4, -0.2) is 0 Å². The Hall–Kier alpha value is -1.84. The van der Waals surface area contributed by atoms with Crippen LogP contribution in [0.3, 0.4) is 0 Å². The zero-order valence-corrected chi connectivity index (χ0v) is 15.9. The molecule has 2 aromatic rings. The van der Waals surface area contributed by atoms with E-state index >= 15 is 0 Å². The number of rotatable bonds is 0. The van der Waals surface area contributed by atoms with Crippen molar-refractivity contribution in [1.29, 1.82) is 0 Å². The number of hydrogen-bond donors (Lipinski definition) is 0. The molecule has 0 atom stereocenters. The minimum atomic E-state index is -0.527. The van der Waals surface area contributed by atoms with Crippen molar-refractivity contribution in [2.24, 2.45) is 0 Å². The van der Waals surface area contributed by atoms with E-state index in [1.807, 2.05) is 41.5 Å². The Labute approximate surface area is 147 Å². The van der Waals surface area contributed by atoms with Gasteiger partial charge in [-0.25, -0.2) is 17.6 Å². The van der Waals surface area contributed by atoms with E-state index in [0.717, 1.165) is 6.07 Å². The summed E-state index contributed by atoms with van der Waals surface area (Å²) in [6, 6.07) is 6.22. The van der Waals surface area contributed by atoms with Gasteiger partial charge in [0.05, 0.1) is 0 Å². The van der Waals surface area contributed by atoms with Gasteiger partial charge in [0, 0.05) is 6.07 Å². The zero-order valence-electron chi connectivity index (χ0n) is 15.9. The molecule has 0 aliphatic rings. The number of benzene rings is 2. The third-order valence-corrected chi connectivity index (χ3v) is 3.80. The predicted molar refractivity (Wildman–Crippen MR) is 94.9 cm³/mol. The van der Waals surface area contributed by atoms with Crippen LogP contribution in [0.1, 0.15) is 58.2 Å². The molecule has 25 heavy (non-hydrogen) atoms. The van der Waals surface area contributed by atoms with Gasteiger partial charge in [-0.2, -0.15) is 0 Å². The van der Waals surface area contributed by atoms with Crippen LogP contribution in [0.25, 0.3) is 0 Å². The quantitative estimate of drug-likeness (QED) is 0.455. The molecular formula is C21H26F4. The summed E-state index contributed by atoms with van der Waals surface area (Å²) in [7, 11) is 0. The van der Waals surface area contributed by atoms with Gasteiger partial charge < -0.3 is 0 Å². The van der Waals surface area contributed by atoms with E-state index in [9.17, 15) is 17.6 Å². The minimum absolute atomic E-state index is 0.266. The molecule has 0 heterocycles. The fraction of sp³-hybridized carbons (Fsp3) is 0.429. The lowest BCUT2D eigenvalue weighted by Gasteiger charge is -2.20. The van der Waals surface area contributed by atoms with Crippen molar-refractivity contribution in [3.8, 4) is 0 Å². The molecule has 0 aliphatic heterocycles. The number of aryl methyl sites for hydroxylation is 1. The lowest BCUT2D eigenvalue weighted by atomic mass is 9.86. The minimum Gasteiger partial charge on any atom is -0.207 e. The normalized spacial score (nSPS) is 11.8. The number of hydrogen-bond acceptors (Lipinski definition) is 0. The molecule has 0 spiro atoms. The third-order valence-electron chi connectivity index (χ3n) is 3.80. The molecule has 0 nitrogen and oxygen atoms in total. The van der Waals surface area contributed by atoms with Gasteiger partial charge >= 0.3 is 0 Å². The van der Waals surface area contributed by atoms with Gasteiger partial charge in [0.15, 0.2) is 0 Å². The molecule has 2 rings (SSSR count). The molecule has 138 valence electrons. The van der Waals surface area contributed by atoms with Crippen LogP contribution in [0.5, 0.6) is 0 Å². The molecule has 2 aromatic carbocycles. The highest BCUT2D eigenvalue weighted by Gasteiger charge is 2.20. The molecule has 0 aromatic heterocycles. The molecular weight excluding hydrogens is 328 g/mol. The summed E-state index contributed by atoms with van der Waals surface area (Å²) in [5, 5.41) is 0. The van der Waals surface area contributed by atoms with Crippen molar-refractivity contribution in [2.75, 3.05) is 0 Å². The van der Waals surface area contributed by atoms with Gasteiger partial charge in [0.25, 0.3) is 0 Å². The van der Waals surface area contributed by atoms with Crippen LogP contribution in [0.4, 0.5) is 17.6 Å². The van der Waals surface area contributed by atoms with Crippen molar-refractivity contribution in [2.45, 2.75) is 59.3 Å². The smallest absolute Gasteiger partial charge is 0.129 e. The first-order chi connectivity index (χ1) is 11.2. The summed E-state index contributed by atoms with van der Waals surface area (Å²) >= 11 is 0. The summed E-state index contributed by atoms with van der Waals surface area (Å²) in [6.45, 7) is 12.8. The fourth-order valence-electron chi connectivity index (χ4n) is 2.32. The monoisotopic (exact) mass is 354 g/mol. The van der Waals surface area contributed by atoms with E-state index in [1.165, 1.54) is 24.3 Å². The van der Waals surface area contributed by atoms with E-state index in [1.54, 1.807) is 6.92 Å². The maximum atomic E-state index is 13.4. The molecule has 0 saturated heterocycles. The van der Waals surface area contributed by atoms with Crippen LogP contribution < -0.4 is 0 Å². The van der Waals surface area contributed by atoms with E-state index in [-0.39, 0.29) is 22.5 Å². The highest BCUT2D eigenvalue weighted by molar-refractivity contribution is 5.30. The summed E-state index contributed by atoms with van der Waals surface area (Å²) in [4.78, 5) is 0. The van der Waals surface area contributed by atoms with Gasteiger partial charge in [-0.05, 0) is 52.6 Å². The number of halogens is 4. The SMILES string of the molecule is CC(C)(C)c1ccc(F)cc1F.Cc1cc(F)c(C(C)(C)C)cc1F. The molecule has 0 N–H and O–H groups in total. The van der Waals surface area contributed by atoms with Crippen molar-refractivity contribution in [3.05, 3.63) is 70.3 Å². The van der Waals surface area contributed by atoms with Crippen molar-refractivity contribution in [1.82, 2.24) is 0 Å². The molecule has 0 saturated carbocycles. The topological polar surface area (TPSA) is 0 Å². The van der Waals surface area contributed by atoms with Gasteiger partial charge in [-0.1, -0.05) is 47.6 Å². The van der Waals surface area contributed by atoms with Crippen molar-refractivity contribution in [3.63, 3.8) is 0 Å². The summed E-state index contributed by atoms with van der Waals surface area (Å²) in [6.07, 6.45) is 0. The maximum absolute atomic E-state index is 13.4. The highest BCUT2D eigenvalue weighted by atomic mass is 19.1. The second-order valence-electron chi connectivity index (χ2n) is 8.21. The lowest BCUT2D eigenvalue weighted by Crippen LogP contribution is -2.14. The predicted octanol–water partition coefficient (Wildman–Crippen LogP) is 6.83. The molecule has 0 bridgehead atoms. The van der Waals surface area contributed by atoms with E-state index in [0.29, 0.717) is 16.7 Å². The van der Waals surface area contributed by atoms with Crippen molar-refractivity contribution >= 4 is 0 Å². The first-order valence-electron chi connectivity index (χ1n) is 8.15. The third kappa shape index (κ3) is 5.87. The average molecular weight is 354 g/mol. The Balaban J connectivity index is 0.000000251. The lowest BCUT2D eigenvalue weighted by molar-refractivity contribution is 0.509. The fourth-order valence-corrected chi connectivity index (χ4v) is 2.32. The molecule has 4 heteroatoms.